The van der Waals surface area contributed by atoms with E-state index in [4.69, 9.17) is 25.8 Å². The zero-order valence-corrected chi connectivity index (χ0v) is 12.8. The Balaban J connectivity index is 1.67. The molecule has 21 heavy (non-hydrogen) atoms. The van der Waals surface area contributed by atoms with Gasteiger partial charge in [0.25, 0.3) is 0 Å². The molecule has 0 unspecified atom stereocenters. The molecule has 0 heterocycles. The van der Waals surface area contributed by atoms with E-state index >= 15 is 0 Å². The Morgan fingerprint density at radius 3 is 2.10 bits per heavy atom. The Morgan fingerprint density at radius 2 is 1.43 bits per heavy atom. The molecule has 0 fully saturated rings. The molecule has 0 aliphatic heterocycles. The Bertz CT molecular complexity index is 540. The highest BCUT2D eigenvalue weighted by Gasteiger charge is 1.98. The molecule has 0 N–H and O–H groups in total. The van der Waals surface area contributed by atoms with Gasteiger partial charge < -0.3 is 14.2 Å². The summed E-state index contributed by atoms with van der Waals surface area (Å²) in [6.45, 7) is 3.82. The van der Waals surface area contributed by atoms with Crippen LogP contribution in [0.5, 0.6) is 17.2 Å². The van der Waals surface area contributed by atoms with Crippen molar-refractivity contribution in [2.75, 3.05) is 19.8 Å². The third-order valence-corrected chi connectivity index (χ3v) is 3.01. The average Bonchev–Trinajstić information content (AvgIpc) is 2.50. The van der Waals surface area contributed by atoms with Gasteiger partial charge in [0, 0.05) is 17.5 Å². The monoisotopic (exact) mass is 306 g/mol. The van der Waals surface area contributed by atoms with Crippen LogP contribution < -0.4 is 14.2 Å². The number of benzene rings is 2. The summed E-state index contributed by atoms with van der Waals surface area (Å²) in [5, 5.41) is 0.708. The van der Waals surface area contributed by atoms with Crippen molar-refractivity contribution < 1.29 is 14.2 Å². The minimum absolute atomic E-state index is 0.600. The van der Waals surface area contributed by atoms with Crippen LogP contribution in [0.25, 0.3) is 0 Å². The molecule has 2 aromatic carbocycles. The van der Waals surface area contributed by atoms with Crippen molar-refractivity contribution >= 4 is 11.6 Å². The lowest BCUT2D eigenvalue weighted by Gasteiger charge is -2.09. The first-order valence-electron chi connectivity index (χ1n) is 7.02. The maximum atomic E-state index is 5.81. The molecule has 2 rings (SSSR count). The first-order chi connectivity index (χ1) is 10.3. The molecule has 112 valence electrons. The fourth-order valence-corrected chi connectivity index (χ4v) is 1.92. The van der Waals surface area contributed by atoms with Crippen molar-refractivity contribution in [2.24, 2.45) is 0 Å². The molecule has 0 bridgehead atoms. The van der Waals surface area contributed by atoms with E-state index in [0.717, 1.165) is 23.7 Å². The van der Waals surface area contributed by atoms with Gasteiger partial charge in [-0.15, -0.1) is 0 Å². The van der Waals surface area contributed by atoms with Crippen LogP contribution in [0.15, 0.2) is 48.5 Å². The topological polar surface area (TPSA) is 27.7 Å². The molecule has 0 radical (unpaired) electrons. The van der Waals surface area contributed by atoms with Crippen LogP contribution in [0.4, 0.5) is 0 Å². The largest absolute Gasteiger partial charge is 0.494 e. The normalized spacial score (nSPS) is 10.2. The lowest BCUT2D eigenvalue weighted by molar-refractivity contribution is 0.246. The first kappa shape index (κ1) is 15.5. The van der Waals surface area contributed by atoms with Crippen molar-refractivity contribution in [1.82, 2.24) is 0 Å². The molecular formula is C17H19ClO3. The molecule has 0 amide bonds. The summed E-state index contributed by atoms with van der Waals surface area (Å²) in [4.78, 5) is 0. The predicted molar refractivity (Wildman–Crippen MR) is 84.7 cm³/mol. The number of rotatable bonds is 8. The molecule has 0 atom stereocenters. The van der Waals surface area contributed by atoms with Gasteiger partial charge in [-0.3, -0.25) is 0 Å². The van der Waals surface area contributed by atoms with Gasteiger partial charge >= 0.3 is 0 Å². The predicted octanol–water partition coefficient (Wildman–Crippen LogP) is 4.59. The van der Waals surface area contributed by atoms with Gasteiger partial charge in [-0.05, 0) is 43.3 Å². The fourth-order valence-electron chi connectivity index (χ4n) is 1.79. The highest BCUT2D eigenvalue weighted by molar-refractivity contribution is 6.30. The van der Waals surface area contributed by atoms with Crippen molar-refractivity contribution in [3.63, 3.8) is 0 Å². The molecule has 4 heteroatoms. The molecular weight excluding hydrogens is 288 g/mol. The lowest BCUT2D eigenvalue weighted by atomic mass is 10.3. The highest BCUT2D eigenvalue weighted by atomic mass is 35.5. The minimum Gasteiger partial charge on any atom is -0.494 e. The number of ether oxygens (including phenoxy) is 3. The Hall–Kier alpha value is -1.87. The highest BCUT2D eigenvalue weighted by Crippen LogP contribution is 2.19. The molecule has 0 aliphatic carbocycles. The lowest BCUT2D eigenvalue weighted by Crippen LogP contribution is -2.05. The van der Waals surface area contributed by atoms with Crippen LogP contribution in [0, 0.1) is 0 Å². The van der Waals surface area contributed by atoms with Gasteiger partial charge in [0.15, 0.2) is 0 Å². The van der Waals surface area contributed by atoms with Crippen LogP contribution in [0.3, 0.4) is 0 Å². The van der Waals surface area contributed by atoms with Crippen LogP contribution in [-0.4, -0.2) is 19.8 Å². The summed E-state index contributed by atoms with van der Waals surface area (Å²) < 4.78 is 16.7. The van der Waals surface area contributed by atoms with Crippen LogP contribution in [-0.2, 0) is 0 Å². The van der Waals surface area contributed by atoms with Crippen LogP contribution in [0.1, 0.15) is 13.3 Å². The Labute approximate surface area is 130 Å². The number of halogens is 1. The Morgan fingerprint density at radius 1 is 0.810 bits per heavy atom. The van der Waals surface area contributed by atoms with Gasteiger partial charge in [0.2, 0.25) is 0 Å². The maximum absolute atomic E-state index is 5.81. The number of hydrogen-bond donors (Lipinski definition) is 0. The van der Waals surface area contributed by atoms with E-state index in [0.29, 0.717) is 24.8 Å². The molecule has 2 aromatic rings. The van der Waals surface area contributed by atoms with Crippen molar-refractivity contribution in [3.8, 4) is 17.2 Å². The second-order valence-corrected chi connectivity index (χ2v) is 4.85. The SMILES string of the molecule is CCOc1cccc(OCCCOc2ccc(Cl)cc2)c1. The third kappa shape index (κ3) is 5.56. The van der Waals surface area contributed by atoms with Gasteiger partial charge in [-0.25, -0.2) is 0 Å². The summed E-state index contributed by atoms with van der Waals surface area (Å²) in [6.07, 6.45) is 0.807. The van der Waals surface area contributed by atoms with E-state index in [1.807, 2.05) is 55.5 Å². The van der Waals surface area contributed by atoms with E-state index < -0.39 is 0 Å². The van der Waals surface area contributed by atoms with Crippen LogP contribution >= 0.6 is 11.6 Å². The zero-order valence-electron chi connectivity index (χ0n) is 12.0. The second-order valence-electron chi connectivity index (χ2n) is 4.41. The molecule has 3 nitrogen and oxygen atoms in total. The third-order valence-electron chi connectivity index (χ3n) is 2.76. The van der Waals surface area contributed by atoms with E-state index in [1.165, 1.54) is 0 Å². The summed E-state index contributed by atoms with van der Waals surface area (Å²) in [5.41, 5.74) is 0. The smallest absolute Gasteiger partial charge is 0.122 e. The van der Waals surface area contributed by atoms with Gasteiger partial charge in [0.1, 0.15) is 17.2 Å². The zero-order chi connectivity index (χ0) is 14.9. The summed E-state index contributed by atoms with van der Waals surface area (Å²) in [7, 11) is 0. The molecule has 0 saturated heterocycles. The van der Waals surface area contributed by atoms with Gasteiger partial charge in [-0.1, -0.05) is 17.7 Å². The number of hydrogen-bond acceptors (Lipinski definition) is 3. The van der Waals surface area contributed by atoms with E-state index in [1.54, 1.807) is 0 Å². The van der Waals surface area contributed by atoms with Crippen LogP contribution in [0.2, 0.25) is 5.02 Å². The quantitative estimate of drug-likeness (QED) is 0.668. The van der Waals surface area contributed by atoms with Gasteiger partial charge in [-0.2, -0.15) is 0 Å². The summed E-state index contributed by atoms with van der Waals surface area (Å²) >= 11 is 5.81. The van der Waals surface area contributed by atoms with E-state index in [9.17, 15) is 0 Å². The summed E-state index contributed by atoms with van der Waals surface area (Å²) in [6, 6.07) is 15.0. The standard InChI is InChI=1S/C17H19ClO3/c1-2-19-16-5-3-6-17(13-16)21-12-4-11-20-15-9-7-14(18)8-10-15/h3,5-10,13H,2,4,11-12H2,1H3. The van der Waals surface area contributed by atoms with Crippen molar-refractivity contribution in [3.05, 3.63) is 53.6 Å². The van der Waals surface area contributed by atoms with Crippen molar-refractivity contribution in [2.45, 2.75) is 13.3 Å². The molecule has 0 saturated carbocycles. The van der Waals surface area contributed by atoms with E-state index in [-0.39, 0.29) is 0 Å². The van der Waals surface area contributed by atoms with E-state index in [2.05, 4.69) is 0 Å². The van der Waals surface area contributed by atoms with Crippen molar-refractivity contribution in [1.29, 1.82) is 0 Å². The fraction of sp³-hybridized carbons (Fsp3) is 0.294. The maximum Gasteiger partial charge on any atom is 0.122 e. The molecule has 0 aromatic heterocycles. The Kier molecular flexibility index (Phi) is 6.22. The second kappa shape index (κ2) is 8.42. The van der Waals surface area contributed by atoms with Gasteiger partial charge in [0.05, 0.1) is 19.8 Å². The molecule has 0 aliphatic rings. The molecule has 0 spiro atoms. The first-order valence-corrected chi connectivity index (χ1v) is 7.40. The average molecular weight is 307 g/mol. The summed E-state index contributed by atoms with van der Waals surface area (Å²) in [5.74, 6) is 2.46. The minimum atomic E-state index is 0.600.